The van der Waals surface area contributed by atoms with Gasteiger partial charge in [-0.1, -0.05) is 0 Å². The fourth-order valence-electron chi connectivity index (χ4n) is 2.98. The number of hydrogen-bond acceptors (Lipinski definition) is 4. The first-order chi connectivity index (χ1) is 10.4. The number of nitrogens with zero attached hydrogens (tertiary/aromatic N) is 1. The molecule has 0 saturated heterocycles. The van der Waals surface area contributed by atoms with Gasteiger partial charge in [0, 0.05) is 23.3 Å². The van der Waals surface area contributed by atoms with Crippen molar-refractivity contribution < 1.29 is 23.1 Å². The van der Waals surface area contributed by atoms with Crippen LogP contribution < -0.4 is 0 Å². The van der Waals surface area contributed by atoms with E-state index in [0.717, 1.165) is 29.7 Å². The number of thiophene rings is 1. The topological polar surface area (TPSA) is 46.6 Å². The van der Waals surface area contributed by atoms with Crippen LogP contribution in [0.25, 0.3) is 0 Å². The van der Waals surface area contributed by atoms with Crippen molar-refractivity contribution in [1.29, 1.82) is 0 Å². The van der Waals surface area contributed by atoms with Crippen molar-refractivity contribution in [2.75, 3.05) is 19.7 Å². The molecule has 7 heteroatoms. The average molecular weight is 329 g/mol. The van der Waals surface area contributed by atoms with Crippen molar-refractivity contribution in [3.63, 3.8) is 0 Å². The first-order valence-electron chi connectivity index (χ1n) is 7.31. The highest BCUT2D eigenvalue weighted by Crippen LogP contribution is 2.54. The third-order valence-electron chi connectivity index (χ3n) is 4.16. The van der Waals surface area contributed by atoms with E-state index in [9.17, 15) is 18.4 Å². The van der Waals surface area contributed by atoms with Crippen LogP contribution in [0.15, 0.2) is 6.07 Å². The van der Waals surface area contributed by atoms with Crippen molar-refractivity contribution in [2.45, 2.75) is 38.0 Å². The molecular formula is C15H17F2NO3S. The van der Waals surface area contributed by atoms with Gasteiger partial charge in [-0.15, -0.1) is 11.3 Å². The van der Waals surface area contributed by atoms with Crippen molar-refractivity contribution >= 4 is 23.2 Å². The van der Waals surface area contributed by atoms with E-state index in [0.29, 0.717) is 16.3 Å². The monoisotopic (exact) mass is 329 g/mol. The summed E-state index contributed by atoms with van der Waals surface area (Å²) in [6.07, 6.45) is -0.880. The molecule has 120 valence electrons. The number of carbonyl (C=O) groups is 2. The molecule has 1 aliphatic carbocycles. The summed E-state index contributed by atoms with van der Waals surface area (Å²) in [6, 6.07) is 1.76. The zero-order valence-electron chi connectivity index (χ0n) is 12.2. The number of halogens is 2. The number of esters is 1. The molecule has 4 nitrogen and oxygen atoms in total. The van der Waals surface area contributed by atoms with E-state index < -0.39 is 12.4 Å². The quantitative estimate of drug-likeness (QED) is 0.780. The summed E-state index contributed by atoms with van der Waals surface area (Å²) < 4.78 is 30.0. The van der Waals surface area contributed by atoms with Gasteiger partial charge in [0.05, 0.1) is 11.5 Å². The first-order valence-corrected chi connectivity index (χ1v) is 8.13. The third kappa shape index (κ3) is 2.74. The molecule has 0 bridgehead atoms. The molecule has 0 atom stereocenters. The van der Waals surface area contributed by atoms with E-state index >= 15 is 0 Å². The number of rotatable bonds is 5. The minimum Gasteiger partial charge on any atom is -0.465 e. The summed E-state index contributed by atoms with van der Waals surface area (Å²) in [5.41, 5.74) is 0.769. The molecule has 1 fully saturated rings. The lowest BCUT2D eigenvalue weighted by Crippen LogP contribution is -2.45. The van der Waals surface area contributed by atoms with Crippen molar-refractivity contribution in [3.8, 4) is 0 Å². The third-order valence-corrected chi connectivity index (χ3v) is 5.31. The predicted molar refractivity (Wildman–Crippen MR) is 77.5 cm³/mol. The van der Waals surface area contributed by atoms with E-state index in [4.69, 9.17) is 4.74 Å². The van der Waals surface area contributed by atoms with Gasteiger partial charge in [0.1, 0.15) is 6.54 Å². The summed E-state index contributed by atoms with van der Waals surface area (Å²) in [4.78, 5) is 26.7. The minimum atomic E-state index is -2.42. The second-order valence-corrected chi connectivity index (χ2v) is 6.93. The molecule has 1 aliphatic heterocycles. The summed E-state index contributed by atoms with van der Waals surface area (Å²) >= 11 is 1.13. The Bertz CT molecular complexity index is 610. The Morgan fingerprint density at radius 2 is 2.23 bits per heavy atom. The van der Waals surface area contributed by atoms with Gasteiger partial charge in [-0.2, -0.15) is 0 Å². The molecular weight excluding hydrogens is 312 g/mol. The van der Waals surface area contributed by atoms with Crippen molar-refractivity contribution in [3.05, 3.63) is 21.4 Å². The summed E-state index contributed by atoms with van der Waals surface area (Å²) in [7, 11) is 0. The largest absolute Gasteiger partial charge is 0.465 e. The maximum Gasteiger partial charge on any atom is 0.325 e. The van der Waals surface area contributed by atoms with Crippen LogP contribution in [-0.2, 0) is 21.4 Å². The fraction of sp³-hybridized carbons (Fsp3) is 0.600. The molecule has 1 saturated carbocycles. The lowest BCUT2D eigenvalue weighted by Gasteiger charge is -2.32. The van der Waals surface area contributed by atoms with Crippen LogP contribution in [-0.4, -0.2) is 42.9 Å². The standard InChI is InChI=1S/C15H17F2NO3S/c1-2-21-12(19)7-18-8-15(3-4-15)10-5-9(6-11(16)17)22-13(10)14(18)20/h5,11H,2-4,6-8H2,1H3. The van der Waals surface area contributed by atoms with Crippen LogP contribution in [0.1, 0.15) is 39.9 Å². The van der Waals surface area contributed by atoms with Crippen LogP contribution in [0.2, 0.25) is 0 Å². The van der Waals surface area contributed by atoms with E-state index in [1.165, 1.54) is 4.90 Å². The number of amides is 1. The Morgan fingerprint density at radius 3 is 2.82 bits per heavy atom. The van der Waals surface area contributed by atoms with Crippen LogP contribution in [0.4, 0.5) is 8.78 Å². The molecule has 22 heavy (non-hydrogen) atoms. The minimum absolute atomic E-state index is 0.0735. The van der Waals surface area contributed by atoms with Gasteiger partial charge < -0.3 is 9.64 Å². The Kier molecular flexibility index (Phi) is 3.92. The smallest absolute Gasteiger partial charge is 0.325 e. The Hall–Kier alpha value is -1.50. The molecule has 0 N–H and O–H groups in total. The molecule has 2 heterocycles. The van der Waals surface area contributed by atoms with Gasteiger partial charge in [-0.25, -0.2) is 8.78 Å². The van der Waals surface area contributed by atoms with E-state index in [2.05, 4.69) is 0 Å². The zero-order chi connectivity index (χ0) is 15.9. The molecule has 0 aromatic carbocycles. The summed E-state index contributed by atoms with van der Waals surface area (Å²) in [5.74, 6) is -0.675. The van der Waals surface area contributed by atoms with Crippen molar-refractivity contribution in [1.82, 2.24) is 4.90 Å². The highest BCUT2D eigenvalue weighted by Gasteiger charge is 2.52. The van der Waals surface area contributed by atoms with E-state index in [1.807, 2.05) is 0 Å². The second-order valence-electron chi connectivity index (χ2n) is 5.80. The summed E-state index contributed by atoms with van der Waals surface area (Å²) in [6.45, 7) is 2.39. The lowest BCUT2D eigenvalue weighted by molar-refractivity contribution is -0.143. The molecule has 3 rings (SSSR count). The van der Waals surface area contributed by atoms with Gasteiger partial charge in [0.15, 0.2) is 0 Å². The van der Waals surface area contributed by atoms with Gasteiger partial charge in [-0.3, -0.25) is 9.59 Å². The van der Waals surface area contributed by atoms with Gasteiger partial charge in [-0.05, 0) is 31.4 Å². The number of ether oxygens (including phenoxy) is 1. The van der Waals surface area contributed by atoms with Crippen molar-refractivity contribution in [2.24, 2.45) is 0 Å². The Labute approximate surface area is 131 Å². The molecule has 1 aromatic rings. The highest BCUT2D eigenvalue weighted by atomic mass is 32.1. The maximum atomic E-state index is 12.6. The first kappa shape index (κ1) is 15.4. The fourth-order valence-corrected chi connectivity index (χ4v) is 4.23. The average Bonchev–Trinajstić information content (AvgIpc) is 3.07. The van der Waals surface area contributed by atoms with E-state index in [-0.39, 0.29) is 30.9 Å². The van der Waals surface area contributed by atoms with Crippen LogP contribution in [0, 0.1) is 0 Å². The predicted octanol–water partition coefficient (Wildman–Crippen LogP) is 2.61. The molecule has 2 aliphatic rings. The van der Waals surface area contributed by atoms with Gasteiger partial charge >= 0.3 is 5.97 Å². The summed E-state index contributed by atoms with van der Waals surface area (Å²) in [5, 5.41) is 0. The SMILES string of the molecule is CCOC(=O)CN1CC2(CC2)c2cc(CC(F)F)sc2C1=O. The number of carbonyl (C=O) groups excluding carboxylic acids is 2. The number of fused-ring (bicyclic) bond motifs is 2. The van der Waals surface area contributed by atoms with Crippen LogP contribution >= 0.6 is 11.3 Å². The Morgan fingerprint density at radius 1 is 1.50 bits per heavy atom. The normalized spacial score (nSPS) is 18.7. The lowest BCUT2D eigenvalue weighted by atomic mass is 9.91. The van der Waals surface area contributed by atoms with Crippen LogP contribution in [0.3, 0.4) is 0 Å². The molecule has 0 unspecified atom stereocenters. The maximum absolute atomic E-state index is 12.6. The molecule has 1 aromatic heterocycles. The zero-order valence-corrected chi connectivity index (χ0v) is 13.0. The second kappa shape index (κ2) is 5.61. The molecule has 1 spiro atoms. The highest BCUT2D eigenvalue weighted by molar-refractivity contribution is 7.14. The molecule has 0 radical (unpaired) electrons. The number of alkyl halides is 2. The number of hydrogen-bond donors (Lipinski definition) is 0. The Balaban J connectivity index is 1.85. The van der Waals surface area contributed by atoms with E-state index in [1.54, 1.807) is 13.0 Å². The molecule has 1 amide bonds. The van der Waals surface area contributed by atoms with Gasteiger partial charge in [0.2, 0.25) is 6.43 Å². The van der Waals surface area contributed by atoms with Crippen LogP contribution in [0.5, 0.6) is 0 Å². The van der Waals surface area contributed by atoms with Gasteiger partial charge in [0.25, 0.3) is 5.91 Å².